The van der Waals surface area contributed by atoms with Gasteiger partial charge < -0.3 is 4.90 Å². The number of rotatable bonds is 3. The van der Waals surface area contributed by atoms with Gasteiger partial charge in [0.25, 0.3) is 5.56 Å². The van der Waals surface area contributed by atoms with Crippen molar-refractivity contribution in [3.63, 3.8) is 0 Å². The van der Waals surface area contributed by atoms with Crippen LogP contribution < -0.4 is 11.2 Å². The summed E-state index contributed by atoms with van der Waals surface area (Å²) in [5.41, 5.74) is 0.840. The van der Waals surface area contributed by atoms with Crippen LogP contribution in [0.2, 0.25) is 5.02 Å². The summed E-state index contributed by atoms with van der Waals surface area (Å²) in [6.45, 7) is 0.921. The summed E-state index contributed by atoms with van der Waals surface area (Å²) in [4.78, 5) is 28.4. The number of benzene rings is 3. The second-order valence-corrected chi connectivity index (χ2v) is 7.84. The highest BCUT2D eigenvalue weighted by Crippen LogP contribution is 2.36. The molecule has 0 bridgehead atoms. The molecule has 7 heteroatoms. The zero-order chi connectivity index (χ0) is 19.6. The van der Waals surface area contributed by atoms with Crippen LogP contribution in [0.3, 0.4) is 0 Å². The molecule has 0 aliphatic carbocycles. The number of aromatic nitrogens is 2. The van der Waals surface area contributed by atoms with Crippen LogP contribution in [0.15, 0.2) is 58.1 Å². The SMILES string of the molecule is CN(C)CCn1c(=O)c2cc(Cl)cc3c4c5ccccc5ccc4n(c1=O)c23.Cl. The lowest BCUT2D eigenvalue weighted by Crippen LogP contribution is -2.39. The third-order valence-corrected chi connectivity index (χ3v) is 5.60. The summed E-state index contributed by atoms with van der Waals surface area (Å²) in [6, 6.07) is 15.5. The van der Waals surface area contributed by atoms with Crippen LogP contribution in [0, 0.1) is 0 Å². The van der Waals surface area contributed by atoms with Crippen molar-refractivity contribution in [2.45, 2.75) is 6.54 Å². The molecule has 0 atom stereocenters. The van der Waals surface area contributed by atoms with Gasteiger partial charge in [0, 0.05) is 28.9 Å². The van der Waals surface area contributed by atoms with Crippen LogP contribution in [0.25, 0.3) is 38.0 Å². The minimum Gasteiger partial charge on any atom is -0.308 e. The van der Waals surface area contributed by atoms with Crippen molar-refractivity contribution in [3.05, 3.63) is 74.4 Å². The molecule has 0 N–H and O–H groups in total. The van der Waals surface area contributed by atoms with Crippen LogP contribution in [-0.2, 0) is 6.54 Å². The fourth-order valence-corrected chi connectivity index (χ4v) is 4.31. The quantitative estimate of drug-likeness (QED) is 0.437. The summed E-state index contributed by atoms with van der Waals surface area (Å²) in [6.07, 6.45) is 0. The first-order chi connectivity index (χ1) is 13.5. The van der Waals surface area contributed by atoms with E-state index in [0.717, 1.165) is 27.1 Å². The lowest BCUT2D eigenvalue weighted by molar-refractivity contribution is 0.376. The van der Waals surface area contributed by atoms with E-state index >= 15 is 0 Å². The van der Waals surface area contributed by atoms with Gasteiger partial charge in [-0.3, -0.25) is 13.8 Å². The number of fused-ring (bicyclic) bond motifs is 5. The molecule has 2 aromatic heterocycles. The van der Waals surface area contributed by atoms with Gasteiger partial charge in [-0.25, -0.2) is 4.79 Å². The van der Waals surface area contributed by atoms with Crippen molar-refractivity contribution in [2.24, 2.45) is 0 Å². The van der Waals surface area contributed by atoms with E-state index in [4.69, 9.17) is 11.6 Å². The van der Waals surface area contributed by atoms with Gasteiger partial charge in [-0.15, -0.1) is 12.4 Å². The number of halogens is 2. The lowest BCUT2D eigenvalue weighted by Gasteiger charge is -2.12. The van der Waals surface area contributed by atoms with Crippen LogP contribution in [0.5, 0.6) is 0 Å². The van der Waals surface area contributed by atoms with E-state index in [1.54, 1.807) is 10.5 Å². The third-order valence-electron chi connectivity index (χ3n) is 5.38. The Kier molecular flexibility index (Phi) is 4.77. The Labute approximate surface area is 177 Å². The van der Waals surface area contributed by atoms with E-state index in [9.17, 15) is 9.59 Å². The van der Waals surface area contributed by atoms with Gasteiger partial charge in [0.1, 0.15) is 0 Å². The summed E-state index contributed by atoms with van der Waals surface area (Å²) in [5.74, 6) is 0. The first kappa shape index (κ1) is 19.7. The molecule has 0 saturated carbocycles. The normalized spacial score (nSPS) is 11.9. The molecule has 5 rings (SSSR count). The maximum absolute atomic E-state index is 13.3. The van der Waals surface area contributed by atoms with E-state index in [1.807, 2.05) is 61.5 Å². The monoisotopic (exact) mass is 427 g/mol. The Hall–Kier alpha value is -2.60. The molecule has 0 spiro atoms. The highest BCUT2D eigenvalue weighted by molar-refractivity contribution is 6.34. The van der Waals surface area contributed by atoms with E-state index in [0.29, 0.717) is 29.0 Å². The first-order valence-electron chi connectivity index (χ1n) is 9.13. The van der Waals surface area contributed by atoms with Gasteiger partial charge in [-0.2, -0.15) is 0 Å². The molecular weight excluding hydrogens is 409 g/mol. The highest BCUT2D eigenvalue weighted by atomic mass is 35.5. The molecule has 0 fully saturated rings. The summed E-state index contributed by atoms with van der Waals surface area (Å²) in [7, 11) is 3.83. The van der Waals surface area contributed by atoms with E-state index in [1.165, 1.54) is 4.57 Å². The van der Waals surface area contributed by atoms with Crippen LogP contribution >= 0.6 is 24.0 Å². The summed E-state index contributed by atoms with van der Waals surface area (Å²) in [5, 5.41) is 4.87. The number of likely N-dealkylation sites (N-methyl/N-ethyl adjacent to an activating group) is 1. The number of nitrogens with zero attached hydrogens (tertiary/aromatic N) is 3. The van der Waals surface area contributed by atoms with Gasteiger partial charge >= 0.3 is 5.69 Å². The van der Waals surface area contributed by atoms with Gasteiger partial charge in [0.2, 0.25) is 0 Å². The summed E-state index contributed by atoms with van der Waals surface area (Å²) >= 11 is 6.39. The van der Waals surface area contributed by atoms with Crippen LogP contribution in [0.4, 0.5) is 0 Å². The zero-order valence-electron chi connectivity index (χ0n) is 16.0. The van der Waals surface area contributed by atoms with Gasteiger partial charge in [-0.1, -0.05) is 41.9 Å². The zero-order valence-corrected chi connectivity index (χ0v) is 17.5. The maximum atomic E-state index is 13.3. The average Bonchev–Trinajstić information content (AvgIpc) is 3.00. The van der Waals surface area contributed by atoms with Crippen molar-refractivity contribution in [3.8, 4) is 0 Å². The Morgan fingerprint density at radius 2 is 1.69 bits per heavy atom. The molecule has 0 amide bonds. The molecule has 29 heavy (non-hydrogen) atoms. The highest BCUT2D eigenvalue weighted by Gasteiger charge is 2.20. The standard InChI is InChI=1S/C22H18ClN3O2.ClH/c1-24(2)9-10-25-21(27)17-12-14(23)11-16-19-15-6-4-3-5-13(15)7-8-18(19)26(20(16)17)22(25)28;/h3-8,11-12H,9-10H2,1-2H3;1H. The minimum absolute atomic E-state index is 0. The first-order valence-corrected chi connectivity index (χ1v) is 9.51. The molecule has 0 radical (unpaired) electrons. The average molecular weight is 428 g/mol. The predicted octanol–water partition coefficient (Wildman–Crippen LogP) is 4.00. The van der Waals surface area contributed by atoms with E-state index in [-0.39, 0.29) is 23.7 Å². The van der Waals surface area contributed by atoms with Crippen molar-refractivity contribution < 1.29 is 0 Å². The number of hydrogen-bond acceptors (Lipinski definition) is 3. The minimum atomic E-state index is -0.308. The molecule has 0 aliphatic heterocycles. The van der Waals surface area contributed by atoms with Crippen molar-refractivity contribution in [1.82, 2.24) is 13.9 Å². The van der Waals surface area contributed by atoms with Gasteiger partial charge in [0.05, 0.1) is 16.4 Å². The second kappa shape index (κ2) is 7.02. The largest absolute Gasteiger partial charge is 0.336 e. The molecule has 5 nitrogen and oxygen atoms in total. The van der Waals surface area contributed by atoms with E-state index in [2.05, 4.69) is 0 Å². The maximum Gasteiger partial charge on any atom is 0.336 e. The van der Waals surface area contributed by atoms with E-state index < -0.39 is 0 Å². The molecule has 5 aromatic rings. The Morgan fingerprint density at radius 1 is 0.966 bits per heavy atom. The predicted molar refractivity (Wildman–Crippen MR) is 122 cm³/mol. The topological polar surface area (TPSA) is 46.7 Å². The summed E-state index contributed by atoms with van der Waals surface area (Å²) < 4.78 is 2.98. The molecule has 148 valence electrons. The molecule has 0 unspecified atom stereocenters. The molecule has 0 aliphatic rings. The van der Waals surface area contributed by atoms with Gasteiger partial charge in [0.15, 0.2) is 0 Å². The fraction of sp³-hybridized carbons (Fsp3) is 0.182. The Balaban J connectivity index is 0.00000205. The van der Waals surface area contributed by atoms with Crippen molar-refractivity contribution >= 4 is 62.0 Å². The molecule has 3 aromatic carbocycles. The smallest absolute Gasteiger partial charge is 0.308 e. The van der Waals surface area contributed by atoms with Crippen LogP contribution in [0.1, 0.15) is 0 Å². The second-order valence-electron chi connectivity index (χ2n) is 7.41. The third kappa shape index (κ3) is 2.81. The molecular formula is C22H19Cl2N3O2. The van der Waals surface area contributed by atoms with Crippen LogP contribution in [-0.4, -0.2) is 34.5 Å². The van der Waals surface area contributed by atoms with Gasteiger partial charge in [-0.05, 0) is 43.1 Å². The molecule has 2 heterocycles. The Morgan fingerprint density at radius 3 is 2.45 bits per heavy atom. The fourth-order valence-electron chi connectivity index (χ4n) is 4.09. The number of hydrogen-bond donors (Lipinski definition) is 0. The Bertz CT molecular complexity index is 1500. The van der Waals surface area contributed by atoms with Crippen molar-refractivity contribution in [2.75, 3.05) is 20.6 Å². The van der Waals surface area contributed by atoms with Crippen molar-refractivity contribution in [1.29, 1.82) is 0 Å². The lowest BCUT2D eigenvalue weighted by atomic mass is 10.0. The molecule has 0 saturated heterocycles.